The first-order valence-electron chi connectivity index (χ1n) is 8.94. The summed E-state index contributed by atoms with van der Waals surface area (Å²) in [6.07, 6.45) is 3.25. The lowest BCUT2D eigenvalue weighted by atomic mass is 10.0. The summed E-state index contributed by atoms with van der Waals surface area (Å²) in [5.74, 6) is 0.351. The smallest absolute Gasteiger partial charge is 0.142 e. The van der Waals surface area contributed by atoms with Gasteiger partial charge in [-0.1, -0.05) is 18.2 Å². The van der Waals surface area contributed by atoms with E-state index in [0.29, 0.717) is 16.7 Å². The number of hydrogen-bond acceptors (Lipinski definition) is 5. The predicted molar refractivity (Wildman–Crippen MR) is 108 cm³/mol. The number of benzene rings is 2. The fourth-order valence-corrected chi connectivity index (χ4v) is 3.10. The average molecular weight is 374 g/mol. The van der Waals surface area contributed by atoms with Gasteiger partial charge in [0.25, 0.3) is 0 Å². The number of fused-ring (bicyclic) bond motifs is 1. The molecule has 0 saturated heterocycles. The number of anilines is 1. The zero-order chi connectivity index (χ0) is 19.7. The summed E-state index contributed by atoms with van der Waals surface area (Å²) in [7, 11) is 0. The van der Waals surface area contributed by atoms with E-state index >= 15 is 0 Å². The number of aromatic nitrogens is 3. The molecule has 0 radical (unpaired) electrons. The van der Waals surface area contributed by atoms with E-state index in [-0.39, 0.29) is 17.6 Å². The Hall–Kier alpha value is -3.54. The van der Waals surface area contributed by atoms with E-state index in [1.165, 1.54) is 18.5 Å². The van der Waals surface area contributed by atoms with Crippen molar-refractivity contribution in [3.8, 4) is 16.9 Å². The molecule has 0 fully saturated rings. The van der Waals surface area contributed by atoms with Gasteiger partial charge in [0.15, 0.2) is 0 Å². The van der Waals surface area contributed by atoms with Crippen LogP contribution in [-0.4, -0.2) is 20.1 Å². The summed E-state index contributed by atoms with van der Waals surface area (Å²) >= 11 is 0. The van der Waals surface area contributed by atoms with Crippen LogP contribution in [0.1, 0.15) is 24.2 Å². The molecule has 28 heavy (non-hydrogen) atoms. The molecule has 0 aliphatic rings. The van der Waals surface area contributed by atoms with Gasteiger partial charge in [-0.2, -0.15) is 0 Å². The number of phenolic OH excluding ortho intramolecular Hbond substituents is 1. The van der Waals surface area contributed by atoms with E-state index in [2.05, 4.69) is 20.3 Å². The van der Waals surface area contributed by atoms with E-state index in [0.717, 1.165) is 22.4 Å². The molecule has 0 bridgehead atoms. The summed E-state index contributed by atoms with van der Waals surface area (Å²) < 4.78 is 13.2. The van der Waals surface area contributed by atoms with Crippen LogP contribution in [0, 0.1) is 12.7 Å². The van der Waals surface area contributed by atoms with Gasteiger partial charge in [0.2, 0.25) is 0 Å². The van der Waals surface area contributed by atoms with Gasteiger partial charge in [-0.25, -0.2) is 14.4 Å². The Morgan fingerprint density at radius 2 is 1.75 bits per heavy atom. The molecule has 2 aromatic carbocycles. The Bertz CT molecular complexity index is 1130. The van der Waals surface area contributed by atoms with Crippen LogP contribution in [0.25, 0.3) is 22.0 Å². The maximum Gasteiger partial charge on any atom is 0.142 e. The Morgan fingerprint density at radius 1 is 0.964 bits per heavy atom. The number of nitrogens with zero attached hydrogens (tertiary/aromatic N) is 3. The fraction of sp³-hybridized carbons (Fsp3) is 0.136. The van der Waals surface area contributed by atoms with Crippen LogP contribution in [-0.2, 0) is 0 Å². The number of aryl methyl sites for hydroxylation is 1. The highest BCUT2D eigenvalue weighted by Gasteiger charge is 2.14. The van der Waals surface area contributed by atoms with Gasteiger partial charge in [-0.15, -0.1) is 0 Å². The second-order valence-corrected chi connectivity index (χ2v) is 6.72. The standard InChI is InChI=1S/C22H19FN4O/c1-13-3-4-16(11-24-13)14(2)27-22-19-9-17(15-5-7-18(23)8-6-15)10-20(28)21(19)25-12-26-22/h3-12,14,28H,1-2H3,(H,25,26,27). The number of halogens is 1. The van der Waals surface area contributed by atoms with Gasteiger partial charge in [0.1, 0.15) is 29.2 Å². The maximum atomic E-state index is 13.2. The third-order valence-electron chi connectivity index (χ3n) is 4.68. The van der Waals surface area contributed by atoms with E-state index in [9.17, 15) is 9.50 Å². The van der Waals surface area contributed by atoms with Crippen molar-refractivity contribution < 1.29 is 9.50 Å². The van der Waals surface area contributed by atoms with Crippen molar-refractivity contribution in [3.05, 3.63) is 78.1 Å². The highest BCUT2D eigenvalue weighted by Crippen LogP contribution is 2.34. The lowest BCUT2D eigenvalue weighted by Crippen LogP contribution is -2.09. The summed E-state index contributed by atoms with van der Waals surface area (Å²) in [5, 5.41) is 14.5. The van der Waals surface area contributed by atoms with Crippen molar-refractivity contribution in [1.29, 1.82) is 0 Å². The molecule has 0 amide bonds. The van der Waals surface area contributed by atoms with Gasteiger partial charge in [0, 0.05) is 17.3 Å². The van der Waals surface area contributed by atoms with Crippen molar-refractivity contribution in [2.45, 2.75) is 19.9 Å². The minimum Gasteiger partial charge on any atom is -0.506 e. The Kier molecular flexibility index (Phi) is 4.61. The van der Waals surface area contributed by atoms with Gasteiger partial charge in [0.05, 0.1) is 6.04 Å². The molecule has 4 rings (SSSR count). The van der Waals surface area contributed by atoms with Crippen molar-refractivity contribution in [3.63, 3.8) is 0 Å². The zero-order valence-electron chi connectivity index (χ0n) is 15.5. The molecule has 1 atom stereocenters. The first kappa shape index (κ1) is 17.9. The molecule has 5 nitrogen and oxygen atoms in total. The summed E-state index contributed by atoms with van der Waals surface area (Å²) in [4.78, 5) is 12.9. The summed E-state index contributed by atoms with van der Waals surface area (Å²) in [6, 6.07) is 13.6. The molecule has 140 valence electrons. The van der Waals surface area contributed by atoms with E-state index in [1.54, 1.807) is 18.2 Å². The maximum absolute atomic E-state index is 13.2. The average Bonchev–Trinajstić information content (AvgIpc) is 2.69. The van der Waals surface area contributed by atoms with Crippen LogP contribution in [0.3, 0.4) is 0 Å². The number of hydrogen-bond donors (Lipinski definition) is 2. The molecule has 1 unspecified atom stereocenters. The third-order valence-corrected chi connectivity index (χ3v) is 4.68. The lowest BCUT2D eigenvalue weighted by molar-refractivity contribution is 0.480. The summed E-state index contributed by atoms with van der Waals surface area (Å²) in [6.45, 7) is 3.96. The topological polar surface area (TPSA) is 70.9 Å². The van der Waals surface area contributed by atoms with Crippen LogP contribution in [0.5, 0.6) is 5.75 Å². The quantitative estimate of drug-likeness (QED) is 0.525. The van der Waals surface area contributed by atoms with Crippen LogP contribution < -0.4 is 5.32 Å². The first-order chi connectivity index (χ1) is 13.5. The fourth-order valence-electron chi connectivity index (χ4n) is 3.10. The van der Waals surface area contributed by atoms with Crippen molar-refractivity contribution >= 4 is 16.7 Å². The third kappa shape index (κ3) is 3.49. The van der Waals surface area contributed by atoms with Crippen LogP contribution >= 0.6 is 0 Å². The molecule has 0 aliphatic heterocycles. The second-order valence-electron chi connectivity index (χ2n) is 6.72. The van der Waals surface area contributed by atoms with Gasteiger partial charge < -0.3 is 10.4 Å². The van der Waals surface area contributed by atoms with Crippen molar-refractivity contribution in [2.24, 2.45) is 0 Å². The molecular weight excluding hydrogens is 355 g/mol. The van der Waals surface area contributed by atoms with Crippen LogP contribution in [0.4, 0.5) is 10.2 Å². The largest absolute Gasteiger partial charge is 0.506 e. The zero-order valence-corrected chi connectivity index (χ0v) is 15.5. The monoisotopic (exact) mass is 374 g/mol. The molecule has 0 aliphatic carbocycles. The van der Waals surface area contributed by atoms with E-state index in [1.807, 2.05) is 38.2 Å². The summed E-state index contributed by atoms with van der Waals surface area (Å²) in [5.41, 5.74) is 3.99. The molecule has 0 spiro atoms. The molecule has 6 heteroatoms. The SMILES string of the molecule is Cc1ccc(C(C)Nc2ncnc3c(O)cc(-c4ccc(F)cc4)cc23)cn1. The molecule has 0 saturated carbocycles. The van der Waals surface area contributed by atoms with E-state index < -0.39 is 0 Å². The normalized spacial score (nSPS) is 12.1. The molecule has 2 heterocycles. The number of nitrogens with one attached hydrogen (secondary N) is 1. The van der Waals surface area contributed by atoms with Gasteiger partial charge in [-0.3, -0.25) is 4.98 Å². The highest BCUT2D eigenvalue weighted by atomic mass is 19.1. The Labute approximate surface area is 161 Å². The second kappa shape index (κ2) is 7.23. The first-order valence-corrected chi connectivity index (χ1v) is 8.94. The molecular formula is C22H19FN4O. The Morgan fingerprint density at radius 3 is 2.46 bits per heavy atom. The lowest BCUT2D eigenvalue weighted by Gasteiger charge is -2.17. The molecule has 2 N–H and O–H groups in total. The highest BCUT2D eigenvalue weighted by molar-refractivity contribution is 5.96. The van der Waals surface area contributed by atoms with Crippen molar-refractivity contribution in [1.82, 2.24) is 15.0 Å². The number of pyridine rings is 1. The van der Waals surface area contributed by atoms with Crippen LogP contribution in [0.2, 0.25) is 0 Å². The molecule has 4 aromatic rings. The number of rotatable bonds is 4. The van der Waals surface area contributed by atoms with Crippen molar-refractivity contribution in [2.75, 3.05) is 5.32 Å². The number of phenols is 1. The van der Waals surface area contributed by atoms with Gasteiger partial charge >= 0.3 is 0 Å². The van der Waals surface area contributed by atoms with Crippen LogP contribution in [0.15, 0.2) is 61.1 Å². The molecule has 2 aromatic heterocycles. The predicted octanol–water partition coefficient (Wildman–Crippen LogP) is 5.02. The van der Waals surface area contributed by atoms with Gasteiger partial charge in [-0.05, 0) is 60.9 Å². The minimum absolute atomic E-state index is 0.0391. The minimum atomic E-state index is -0.306. The Balaban J connectivity index is 1.76. The van der Waals surface area contributed by atoms with E-state index in [4.69, 9.17) is 0 Å². The number of aromatic hydroxyl groups is 1.